The molecule has 0 aromatic carbocycles. The summed E-state index contributed by atoms with van der Waals surface area (Å²) in [6, 6.07) is 0.841. The van der Waals surface area contributed by atoms with E-state index in [2.05, 4.69) is 12.2 Å². The molecule has 2 heterocycles. The Kier molecular flexibility index (Phi) is 2.95. The van der Waals surface area contributed by atoms with Crippen LogP contribution in [0.3, 0.4) is 0 Å². The number of nitrogens with one attached hydrogen (secondary N) is 1. The van der Waals surface area contributed by atoms with Crippen LogP contribution in [0.15, 0.2) is 0 Å². The second kappa shape index (κ2) is 3.95. The number of nitrogens with zero attached hydrogens (tertiary/aromatic N) is 1. The fraction of sp³-hybridized carbons (Fsp3) is 0.909. The minimum absolute atomic E-state index is 0. The Morgan fingerprint density at radius 1 is 1.40 bits per heavy atom. The first kappa shape index (κ1) is 11.2. The molecule has 0 aromatic rings. The van der Waals surface area contributed by atoms with Crippen LogP contribution in [0.4, 0.5) is 0 Å². The van der Waals surface area contributed by atoms with Gasteiger partial charge in [0.25, 0.3) is 0 Å². The van der Waals surface area contributed by atoms with Crippen molar-refractivity contribution in [2.45, 2.75) is 38.3 Å². The zero-order valence-corrected chi connectivity index (χ0v) is 9.93. The molecule has 0 bridgehead atoms. The summed E-state index contributed by atoms with van der Waals surface area (Å²) in [7, 11) is 0. The van der Waals surface area contributed by atoms with Crippen molar-refractivity contribution in [1.82, 2.24) is 10.2 Å². The zero-order chi connectivity index (χ0) is 9.71. The number of amides is 1. The number of piperidine rings is 1. The van der Waals surface area contributed by atoms with Gasteiger partial charge in [-0.1, -0.05) is 6.92 Å². The molecule has 2 saturated heterocycles. The Hall–Kier alpha value is -0.280. The maximum atomic E-state index is 12.0. The summed E-state index contributed by atoms with van der Waals surface area (Å²) in [5.74, 6) is 1.89. The van der Waals surface area contributed by atoms with Crippen LogP contribution in [0, 0.1) is 11.8 Å². The van der Waals surface area contributed by atoms with E-state index in [1.165, 1.54) is 12.8 Å². The molecule has 1 N–H and O–H groups in total. The molecule has 0 spiro atoms. The van der Waals surface area contributed by atoms with Crippen molar-refractivity contribution in [2.24, 2.45) is 11.8 Å². The first-order chi connectivity index (χ1) is 6.74. The quantitative estimate of drug-likeness (QED) is 0.730. The number of rotatable bonds is 1. The third-order valence-electron chi connectivity index (χ3n) is 3.91. The van der Waals surface area contributed by atoms with Crippen LogP contribution in [0.2, 0.25) is 0 Å². The van der Waals surface area contributed by atoms with Crippen molar-refractivity contribution in [1.29, 1.82) is 0 Å². The third kappa shape index (κ3) is 2.00. The van der Waals surface area contributed by atoms with E-state index >= 15 is 0 Å². The molecule has 1 unspecified atom stereocenters. The van der Waals surface area contributed by atoms with Gasteiger partial charge in [0.1, 0.15) is 0 Å². The standard InChI is InChI=1S/C11H18N2O.ClH/c1-7-2-3-13(6-7)11(14)10-5-8-4-9(8)12-10;/h7-10,12H,2-6H2,1H3;1H/t7?,8-,9-,10-;/m0./s1. The minimum Gasteiger partial charge on any atom is -0.341 e. The highest BCUT2D eigenvalue weighted by atomic mass is 35.5. The number of hydrogen-bond donors (Lipinski definition) is 1. The lowest BCUT2D eigenvalue weighted by atomic mass is 10.1. The average molecular weight is 231 g/mol. The second-order valence-corrected chi connectivity index (χ2v) is 5.24. The van der Waals surface area contributed by atoms with Crippen molar-refractivity contribution in [2.75, 3.05) is 13.1 Å². The average Bonchev–Trinajstić information content (AvgIpc) is 2.64. The first-order valence-corrected chi connectivity index (χ1v) is 5.79. The second-order valence-electron chi connectivity index (χ2n) is 5.24. The van der Waals surface area contributed by atoms with Gasteiger partial charge in [-0.3, -0.25) is 4.79 Å². The molecule has 86 valence electrons. The molecule has 1 amide bonds. The molecule has 0 aromatic heterocycles. The zero-order valence-electron chi connectivity index (χ0n) is 9.11. The highest BCUT2D eigenvalue weighted by Gasteiger charge is 2.48. The molecule has 2 aliphatic heterocycles. The minimum atomic E-state index is 0. The Bertz CT molecular complexity index is 252. The molecule has 15 heavy (non-hydrogen) atoms. The lowest BCUT2D eigenvalue weighted by Crippen LogP contribution is -2.43. The van der Waals surface area contributed by atoms with E-state index < -0.39 is 0 Å². The van der Waals surface area contributed by atoms with E-state index in [9.17, 15) is 4.79 Å². The third-order valence-corrected chi connectivity index (χ3v) is 3.91. The van der Waals surface area contributed by atoms with Crippen molar-refractivity contribution in [3.8, 4) is 0 Å². The van der Waals surface area contributed by atoms with Crippen LogP contribution in [0.1, 0.15) is 26.2 Å². The maximum absolute atomic E-state index is 12.0. The van der Waals surface area contributed by atoms with Crippen LogP contribution in [-0.2, 0) is 4.79 Å². The van der Waals surface area contributed by atoms with Crippen LogP contribution in [-0.4, -0.2) is 36.0 Å². The molecule has 3 nitrogen and oxygen atoms in total. The van der Waals surface area contributed by atoms with Crippen LogP contribution < -0.4 is 5.32 Å². The molecule has 3 aliphatic rings. The summed E-state index contributed by atoms with van der Waals surface area (Å²) in [6.45, 7) is 4.19. The van der Waals surface area contributed by atoms with Crippen LogP contribution in [0.25, 0.3) is 0 Å². The SMILES string of the molecule is CC1CCN(C(=O)[C@@H]2C[C@@H]3C[C@@H]3N2)C1.Cl. The summed E-state index contributed by atoms with van der Waals surface area (Å²) in [5.41, 5.74) is 0. The van der Waals surface area contributed by atoms with E-state index in [1.54, 1.807) is 0 Å². The smallest absolute Gasteiger partial charge is 0.239 e. The van der Waals surface area contributed by atoms with Crippen molar-refractivity contribution >= 4 is 18.3 Å². The molecular weight excluding hydrogens is 212 g/mol. The Morgan fingerprint density at radius 2 is 2.20 bits per heavy atom. The molecule has 1 saturated carbocycles. The largest absolute Gasteiger partial charge is 0.341 e. The molecule has 3 fully saturated rings. The fourth-order valence-corrected chi connectivity index (χ4v) is 2.87. The number of fused-ring (bicyclic) bond motifs is 1. The van der Waals surface area contributed by atoms with Gasteiger partial charge in [0.05, 0.1) is 6.04 Å². The van der Waals surface area contributed by atoms with Crippen LogP contribution >= 0.6 is 12.4 Å². The summed E-state index contributed by atoms with van der Waals surface area (Å²) in [4.78, 5) is 14.1. The van der Waals surface area contributed by atoms with Crippen molar-refractivity contribution in [3.05, 3.63) is 0 Å². The number of carbonyl (C=O) groups is 1. The number of halogens is 1. The highest BCUT2D eigenvalue weighted by Crippen LogP contribution is 2.41. The van der Waals surface area contributed by atoms with Gasteiger partial charge < -0.3 is 10.2 Å². The number of hydrogen-bond acceptors (Lipinski definition) is 2. The lowest BCUT2D eigenvalue weighted by Gasteiger charge is -2.21. The molecule has 4 heteroatoms. The molecular formula is C11H19ClN2O. The van der Waals surface area contributed by atoms with E-state index in [1.807, 2.05) is 4.90 Å². The summed E-state index contributed by atoms with van der Waals surface area (Å²) in [6.07, 6.45) is 3.58. The highest BCUT2D eigenvalue weighted by molar-refractivity contribution is 5.85. The monoisotopic (exact) mass is 230 g/mol. The predicted molar refractivity (Wildman–Crippen MR) is 61.0 cm³/mol. The number of carbonyl (C=O) groups excluding carboxylic acids is 1. The van der Waals surface area contributed by atoms with E-state index in [-0.39, 0.29) is 18.4 Å². The maximum Gasteiger partial charge on any atom is 0.239 e. The van der Waals surface area contributed by atoms with Crippen molar-refractivity contribution in [3.63, 3.8) is 0 Å². The lowest BCUT2D eigenvalue weighted by molar-refractivity contribution is -0.132. The van der Waals surface area contributed by atoms with Crippen LogP contribution in [0.5, 0.6) is 0 Å². The van der Waals surface area contributed by atoms with E-state index in [0.717, 1.165) is 25.4 Å². The predicted octanol–water partition coefficient (Wildman–Crippen LogP) is 1.03. The summed E-state index contributed by atoms with van der Waals surface area (Å²) < 4.78 is 0. The molecule has 4 atom stereocenters. The Balaban J connectivity index is 0.000000853. The molecule has 3 rings (SSSR count). The fourth-order valence-electron chi connectivity index (χ4n) is 2.87. The number of likely N-dealkylation sites (tertiary alicyclic amines) is 1. The van der Waals surface area contributed by atoms with Gasteiger partial charge in [-0.15, -0.1) is 12.4 Å². The topological polar surface area (TPSA) is 32.3 Å². The molecule has 1 aliphatic carbocycles. The summed E-state index contributed by atoms with van der Waals surface area (Å²) >= 11 is 0. The Labute approximate surface area is 97.0 Å². The van der Waals surface area contributed by atoms with Gasteiger partial charge in [0.15, 0.2) is 0 Å². The van der Waals surface area contributed by atoms with Gasteiger partial charge in [0.2, 0.25) is 5.91 Å². The van der Waals surface area contributed by atoms with Gasteiger partial charge in [-0.25, -0.2) is 0 Å². The van der Waals surface area contributed by atoms with Gasteiger partial charge in [-0.05, 0) is 31.1 Å². The van der Waals surface area contributed by atoms with E-state index in [4.69, 9.17) is 0 Å². The van der Waals surface area contributed by atoms with Crippen molar-refractivity contribution < 1.29 is 4.79 Å². The van der Waals surface area contributed by atoms with E-state index in [0.29, 0.717) is 17.9 Å². The first-order valence-electron chi connectivity index (χ1n) is 5.79. The van der Waals surface area contributed by atoms with Gasteiger partial charge >= 0.3 is 0 Å². The van der Waals surface area contributed by atoms with Gasteiger partial charge in [-0.2, -0.15) is 0 Å². The molecule has 0 radical (unpaired) electrons. The van der Waals surface area contributed by atoms with Gasteiger partial charge in [0, 0.05) is 19.1 Å². The Morgan fingerprint density at radius 3 is 2.73 bits per heavy atom. The normalized spacial score (nSPS) is 42.3. The summed E-state index contributed by atoms with van der Waals surface area (Å²) in [5, 5.41) is 3.43.